The van der Waals surface area contributed by atoms with Gasteiger partial charge >= 0.3 is 0 Å². The van der Waals surface area contributed by atoms with E-state index in [2.05, 4.69) is 10.6 Å². The molecule has 2 aromatic carbocycles. The summed E-state index contributed by atoms with van der Waals surface area (Å²) in [6.07, 6.45) is 1.43. The molecule has 7 heteroatoms. The fourth-order valence-electron chi connectivity index (χ4n) is 4.48. The molecule has 3 heterocycles. The predicted octanol–water partition coefficient (Wildman–Crippen LogP) is 2.69. The molecule has 1 aromatic heterocycles. The summed E-state index contributed by atoms with van der Waals surface area (Å²) >= 11 is 0. The summed E-state index contributed by atoms with van der Waals surface area (Å²) in [6.45, 7) is 0.996. The Morgan fingerprint density at radius 2 is 1.90 bits per heavy atom. The molecule has 1 unspecified atom stereocenters. The van der Waals surface area contributed by atoms with E-state index in [0.717, 1.165) is 28.5 Å². The van der Waals surface area contributed by atoms with Gasteiger partial charge in [-0.2, -0.15) is 0 Å². The highest BCUT2D eigenvalue weighted by atomic mass is 16.3. The molecule has 0 bridgehead atoms. The van der Waals surface area contributed by atoms with Gasteiger partial charge in [0.15, 0.2) is 5.76 Å². The highest BCUT2D eigenvalue weighted by molar-refractivity contribution is 6.04. The fraction of sp³-hybridized carbons (Fsp3) is 0.261. The zero-order chi connectivity index (χ0) is 20.8. The van der Waals surface area contributed by atoms with E-state index in [4.69, 9.17) is 4.42 Å². The number of nitrogens with zero attached hydrogens (tertiary/aromatic N) is 1. The van der Waals surface area contributed by atoms with Crippen molar-refractivity contribution < 1.29 is 18.8 Å². The smallest absolute Gasteiger partial charge is 0.290 e. The molecule has 2 aliphatic rings. The molecule has 7 nitrogen and oxygen atoms in total. The first kappa shape index (κ1) is 18.4. The number of rotatable bonds is 3. The van der Waals surface area contributed by atoms with Gasteiger partial charge in [0.25, 0.3) is 11.8 Å². The normalized spacial score (nSPS) is 17.8. The lowest BCUT2D eigenvalue weighted by Crippen LogP contribution is -2.44. The zero-order valence-electron chi connectivity index (χ0n) is 16.5. The molecule has 2 aliphatic heterocycles. The molecule has 1 saturated heterocycles. The van der Waals surface area contributed by atoms with Gasteiger partial charge in [-0.3, -0.25) is 14.4 Å². The number of benzene rings is 2. The molecule has 5 rings (SSSR count). The zero-order valence-corrected chi connectivity index (χ0v) is 16.5. The van der Waals surface area contributed by atoms with E-state index >= 15 is 0 Å². The number of furan rings is 1. The molecule has 2 N–H and O–H groups in total. The summed E-state index contributed by atoms with van der Waals surface area (Å²) in [7, 11) is 1.58. The van der Waals surface area contributed by atoms with Crippen LogP contribution in [0.5, 0.6) is 0 Å². The van der Waals surface area contributed by atoms with Crippen molar-refractivity contribution in [3.8, 4) is 11.1 Å². The van der Waals surface area contributed by atoms with E-state index in [1.807, 2.05) is 36.4 Å². The molecule has 0 saturated carbocycles. The highest BCUT2D eigenvalue weighted by Gasteiger charge is 2.35. The molecule has 0 spiro atoms. The summed E-state index contributed by atoms with van der Waals surface area (Å²) in [5.41, 5.74) is 3.94. The molecule has 3 aromatic rings. The van der Waals surface area contributed by atoms with Crippen molar-refractivity contribution in [2.75, 3.05) is 13.6 Å². The van der Waals surface area contributed by atoms with Crippen LogP contribution >= 0.6 is 0 Å². The van der Waals surface area contributed by atoms with Crippen molar-refractivity contribution in [2.45, 2.75) is 25.4 Å². The number of hydrogen-bond acceptors (Lipinski definition) is 4. The van der Waals surface area contributed by atoms with Crippen LogP contribution in [0.25, 0.3) is 22.1 Å². The van der Waals surface area contributed by atoms with Gasteiger partial charge < -0.3 is 20.0 Å². The summed E-state index contributed by atoms with van der Waals surface area (Å²) < 4.78 is 6.05. The molecule has 30 heavy (non-hydrogen) atoms. The van der Waals surface area contributed by atoms with Crippen molar-refractivity contribution in [2.24, 2.45) is 0 Å². The van der Waals surface area contributed by atoms with Crippen molar-refractivity contribution in [3.05, 3.63) is 59.4 Å². The maximum absolute atomic E-state index is 13.1. The number of fused-ring (bicyclic) bond motifs is 2. The number of likely N-dealkylation sites (N-methyl/N-ethyl adjacent to an activating group) is 1. The lowest BCUT2D eigenvalue weighted by Gasteiger charge is -2.22. The quantitative estimate of drug-likeness (QED) is 0.703. The Bertz CT molecular complexity index is 1200. The number of para-hydroxylation sites is 1. The molecule has 3 amide bonds. The monoisotopic (exact) mass is 403 g/mol. The number of likely N-dealkylation sites (tertiary alicyclic amines) is 1. The van der Waals surface area contributed by atoms with Crippen molar-refractivity contribution in [1.29, 1.82) is 0 Å². The molecule has 0 radical (unpaired) electrons. The van der Waals surface area contributed by atoms with Crippen molar-refractivity contribution in [1.82, 2.24) is 15.5 Å². The summed E-state index contributed by atoms with van der Waals surface area (Å²) in [6, 6.07) is 12.6. The minimum absolute atomic E-state index is 0.0800. The Labute approximate surface area is 173 Å². The van der Waals surface area contributed by atoms with E-state index in [-0.39, 0.29) is 23.5 Å². The van der Waals surface area contributed by atoms with Gasteiger partial charge in [0.05, 0.1) is 0 Å². The van der Waals surface area contributed by atoms with Gasteiger partial charge in [-0.1, -0.05) is 30.3 Å². The Hall–Kier alpha value is -3.61. The van der Waals surface area contributed by atoms with Crippen molar-refractivity contribution in [3.63, 3.8) is 0 Å². The second-order valence-corrected chi connectivity index (χ2v) is 7.62. The fourth-order valence-corrected chi connectivity index (χ4v) is 4.48. The number of carbonyl (C=O) groups is 3. The number of nitrogens with one attached hydrogen (secondary N) is 2. The van der Waals surface area contributed by atoms with E-state index in [0.29, 0.717) is 30.7 Å². The topological polar surface area (TPSA) is 91.7 Å². The summed E-state index contributed by atoms with van der Waals surface area (Å²) in [5, 5.41) is 6.29. The van der Waals surface area contributed by atoms with E-state index in [1.54, 1.807) is 18.0 Å². The molecule has 1 atom stereocenters. The van der Waals surface area contributed by atoms with Crippen LogP contribution in [0.1, 0.15) is 39.3 Å². The van der Waals surface area contributed by atoms with Crippen LogP contribution < -0.4 is 10.6 Å². The number of hydrogen-bond donors (Lipinski definition) is 2. The molecule has 152 valence electrons. The lowest BCUT2D eigenvalue weighted by molar-refractivity contribution is -0.124. The van der Waals surface area contributed by atoms with Gasteiger partial charge in [0.1, 0.15) is 11.6 Å². The molecular formula is C23H21N3O4. The third-order valence-corrected chi connectivity index (χ3v) is 5.95. The Balaban J connectivity index is 1.57. The van der Waals surface area contributed by atoms with Crippen LogP contribution in [0.3, 0.4) is 0 Å². The van der Waals surface area contributed by atoms with Crippen LogP contribution in [-0.2, 0) is 11.3 Å². The number of amides is 3. The third-order valence-electron chi connectivity index (χ3n) is 5.95. The molecule has 0 aliphatic carbocycles. The average molecular weight is 403 g/mol. The Morgan fingerprint density at radius 1 is 1.13 bits per heavy atom. The first-order valence-electron chi connectivity index (χ1n) is 10.0. The van der Waals surface area contributed by atoms with Gasteiger partial charge in [-0.15, -0.1) is 0 Å². The van der Waals surface area contributed by atoms with Gasteiger partial charge in [0.2, 0.25) is 5.91 Å². The van der Waals surface area contributed by atoms with Gasteiger partial charge in [-0.25, -0.2) is 0 Å². The Morgan fingerprint density at radius 3 is 2.73 bits per heavy atom. The highest BCUT2D eigenvalue weighted by Crippen LogP contribution is 2.36. The Kier molecular flexibility index (Phi) is 4.31. The largest absolute Gasteiger partial charge is 0.450 e. The van der Waals surface area contributed by atoms with Gasteiger partial charge in [-0.05, 0) is 36.1 Å². The van der Waals surface area contributed by atoms with E-state index in [9.17, 15) is 14.4 Å². The van der Waals surface area contributed by atoms with Crippen LogP contribution in [-0.4, -0.2) is 42.3 Å². The first-order valence-corrected chi connectivity index (χ1v) is 10.0. The minimum Gasteiger partial charge on any atom is -0.450 e. The average Bonchev–Trinajstić information content (AvgIpc) is 3.50. The lowest BCUT2D eigenvalue weighted by atomic mass is 9.96. The van der Waals surface area contributed by atoms with Crippen molar-refractivity contribution >= 4 is 28.7 Å². The maximum Gasteiger partial charge on any atom is 0.290 e. The second-order valence-electron chi connectivity index (χ2n) is 7.62. The summed E-state index contributed by atoms with van der Waals surface area (Å²) in [5.74, 6) is -0.299. The minimum atomic E-state index is -0.468. The molecule has 1 fully saturated rings. The second kappa shape index (κ2) is 7.02. The van der Waals surface area contributed by atoms with Crippen LogP contribution in [0.2, 0.25) is 0 Å². The number of carbonyl (C=O) groups excluding carboxylic acids is 3. The third kappa shape index (κ3) is 2.77. The van der Waals surface area contributed by atoms with Crippen LogP contribution in [0.4, 0.5) is 0 Å². The predicted molar refractivity (Wildman–Crippen MR) is 111 cm³/mol. The van der Waals surface area contributed by atoms with E-state index in [1.165, 1.54) is 0 Å². The van der Waals surface area contributed by atoms with Crippen LogP contribution in [0, 0.1) is 0 Å². The molecular weight excluding hydrogens is 382 g/mol. The van der Waals surface area contributed by atoms with Crippen LogP contribution in [0.15, 0.2) is 46.9 Å². The standard InChI is InChI=1S/C23H21N3O4/c1-24-22(28)18-9-4-10-26(18)23(29)19-11-13-5-2-7-15(20(13)30-19)14-6-3-8-16-17(14)12-25-21(16)27/h2-3,5-8,11,18H,4,9-10,12H2,1H3,(H,24,28)(H,25,27). The van der Waals surface area contributed by atoms with Gasteiger partial charge in [0, 0.05) is 36.7 Å². The van der Waals surface area contributed by atoms with E-state index < -0.39 is 6.04 Å². The first-order chi connectivity index (χ1) is 14.6. The summed E-state index contributed by atoms with van der Waals surface area (Å²) in [4.78, 5) is 38.9. The maximum atomic E-state index is 13.1. The SMILES string of the molecule is CNC(=O)C1CCCN1C(=O)c1cc2cccc(-c3cccc4c3CNC4=O)c2o1.